The minimum absolute atomic E-state index is 0.147. The SMILES string of the molecule is CC1=C(C(=O)N2CCC(Cn3ccnc3C)CC2)C(c2ccccc2C)=NC1. The number of aromatic nitrogens is 2. The molecular weight excluding hydrogens is 348 g/mol. The lowest BCUT2D eigenvalue weighted by molar-refractivity contribution is -0.128. The fraction of sp³-hybridized carbons (Fsp3) is 0.435. The Bertz CT molecular complexity index is 945. The molecule has 28 heavy (non-hydrogen) atoms. The van der Waals surface area contributed by atoms with Gasteiger partial charge in [0.05, 0.1) is 17.8 Å². The number of carbonyl (C=O) groups excluding carboxylic acids is 1. The zero-order valence-electron chi connectivity index (χ0n) is 17.0. The number of likely N-dealkylation sites (tertiary alicyclic amines) is 1. The highest BCUT2D eigenvalue weighted by molar-refractivity contribution is 6.30. The number of aliphatic imine (C=N–C) groups is 1. The van der Waals surface area contributed by atoms with E-state index in [-0.39, 0.29) is 5.91 Å². The average molecular weight is 377 g/mol. The first-order valence-corrected chi connectivity index (χ1v) is 10.1. The first-order valence-electron chi connectivity index (χ1n) is 10.1. The zero-order valence-corrected chi connectivity index (χ0v) is 17.0. The molecule has 1 aromatic carbocycles. The van der Waals surface area contributed by atoms with Gasteiger partial charge in [0.25, 0.3) is 5.91 Å². The minimum atomic E-state index is 0.147. The Labute approximate surface area is 166 Å². The van der Waals surface area contributed by atoms with Gasteiger partial charge in [-0.25, -0.2) is 4.98 Å². The normalized spacial score (nSPS) is 18.0. The van der Waals surface area contributed by atoms with E-state index in [0.29, 0.717) is 12.5 Å². The molecule has 4 rings (SSSR count). The number of piperidine rings is 1. The molecule has 5 heteroatoms. The van der Waals surface area contributed by atoms with Gasteiger partial charge in [0.2, 0.25) is 0 Å². The maximum Gasteiger partial charge on any atom is 0.256 e. The molecule has 5 nitrogen and oxygen atoms in total. The van der Waals surface area contributed by atoms with Crippen LogP contribution in [-0.2, 0) is 11.3 Å². The van der Waals surface area contributed by atoms with Crippen molar-refractivity contribution < 1.29 is 4.79 Å². The van der Waals surface area contributed by atoms with Gasteiger partial charge in [0.1, 0.15) is 5.82 Å². The number of amides is 1. The molecule has 3 heterocycles. The van der Waals surface area contributed by atoms with Crippen LogP contribution in [0.25, 0.3) is 0 Å². The fourth-order valence-corrected chi connectivity index (χ4v) is 4.25. The highest BCUT2D eigenvalue weighted by Gasteiger charge is 2.31. The van der Waals surface area contributed by atoms with Crippen LogP contribution in [0.5, 0.6) is 0 Å². The van der Waals surface area contributed by atoms with Crippen LogP contribution in [0.3, 0.4) is 0 Å². The summed E-state index contributed by atoms with van der Waals surface area (Å²) in [6, 6.07) is 8.19. The van der Waals surface area contributed by atoms with Gasteiger partial charge < -0.3 is 9.47 Å². The van der Waals surface area contributed by atoms with E-state index in [1.54, 1.807) is 0 Å². The van der Waals surface area contributed by atoms with Crippen molar-refractivity contribution in [1.82, 2.24) is 14.5 Å². The molecule has 1 saturated heterocycles. The van der Waals surface area contributed by atoms with Gasteiger partial charge in [-0.3, -0.25) is 9.79 Å². The van der Waals surface area contributed by atoms with Gasteiger partial charge >= 0.3 is 0 Å². The molecule has 0 saturated carbocycles. The summed E-state index contributed by atoms with van der Waals surface area (Å²) in [5.74, 6) is 1.80. The summed E-state index contributed by atoms with van der Waals surface area (Å²) in [7, 11) is 0. The summed E-state index contributed by atoms with van der Waals surface area (Å²) in [6.45, 7) is 9.41. The van der Waals surface area contributed by atoms with Crippen molar-refractivity contribution in [2.45, 2.75) is 40.2 Å². The molecule has 2 aromatic rings. The predicted octanol–water partition coefficient (Wildman–Crippen LogP) is 3.56. The van der Waals surface area contributed by atoms with Gasteiger partial charge in [0, 0.05) is 37.6 Å². The molecule has 2 aliphatic rings. The molecule has 1 amide bonds. The van der Waals surface area contributed by atoms with Crippen LogP contribution in [0, 0.1) is 19.8 Å². The quantitative estimate of drug-likeness (QED) is 0.819. The Morgan fingerprint density at radius 3 is 2.57 bits per heavy atom. The second kappa shape index (κ2) is 7.74. The van der Waals surface area contributed by atoms with Gasteiger partial charge in [-0.1, -0.05) is 24.3 Å². The van der Waals surface area contributed by atoms with Crippen molar-refractivity contribution >= 4 is 11.6 Å². The lowest BCUT2D eigenvalue weighted by Crippen LogP contribution is -2.41. The lowest BCUT2D eigenvalue weighted by Gasteiger charge is -2.33. The third-order valence-corrected chi connectivity index (χ3v) is 6.03. The van der Waals surface area contributed by atoms with Crippen molar-refractivity contribution in [1.29, 1.82) is 0 Å². The molecule has 0 aliphatic carbocycles. The van der Waals surface area contributed by atoms with Crippen molar-refractivity contribution in [3.63, 3.8) is 0 Å². The second-order valence-corrected chi connectivity index (χ2v) is 8.00. The third-order valence-electron chi connectivity index (χ3n) is 6.03. The van der Waals surface area contributed by atoms with E-state index in [1.165, 1.54) is 0 Å². The smallest absolute Gasteiger partial charge is 0.256 e. The van der Waals surface area contributed by atoms with Crippen LogP contribution in [-0.4, -0.2) is 45.7 Å². The van der Waals surface area contributed by atoms with Crippen molar-refractivity contribution in [3.05, 3.63) is 64.8 Å². The number of benzene rings is 1. The Morgan fingerprint density at radius 1 is 1.14 bits per heavy atom. The molecule has 0 radical (unpaired) electrons. The van der Waals surface area contributed by atoms with Crippen molar-refractivity contribution in [3.8, 4) is 0 Å². The zero-order chi connectivity index (χ0) is 19.7. The number of aryl methyl sites for hydroxylation is 2. The van der Waals surface area contributed by atoms with Crippen LogP contribution >= 0.6 is 0 Å². The predicted molar refractivity (Wildman–Crippen MR) is 112 cm³/mol. The van der Waals surface area contributed by atoms with E-state index >= 15 is 0 Å². The Hall–Kier alpha value is -2.69. The van der Waals surface area contributed by atoms with Gasteiger partial charge in [-0.15, -0.1) is 0 Å². The van der Waals surface area contributed by atoms with Crippen LogP contribution in [0.15, 0.2) is 52.8 Å². The van der Waals surface area contributed by atoms with Gasteiger partial charge in [-0.05, 0) is 50.7 Å². The van der Waals surface area contributed by atoms with Crippen LogP contribution in [0.1, 0.15) is 36.7 Å². The first-order chi connectivity index (χ1) is 13.5. The monoisotopic (exact) mass is 376 g/mol. The van der Waals surface area contributed by atoms with Crippen LogP contribution < -0.4 is 0 Å². The van der Waals surface area contributed by atoms with E-state index in [1.807, 2.05) is 43.3 Å². The van der Waals surface area contributed by atoms with Crippen LogP contribution in [0.2, 0.25) is 0 Å². The summed E-state index contributed by atoms with van der Waals surface area (Å²) in [6.07, 6.45) is 5.97. The maximum atomic E-state index is 13.4. The minimum Gasteiger partial charge on any atom is -0.339 e. The van der Waals surface area contributed by atoms with E-state index in [2.05, 4.69) is 28.6 Å². The molecule has 0 bridgehead atoms. The summed E-state index contributed by atoms with van der Waals surface area (Å²) in [4.78, 5) is 24.4. The largest absolute Gasteiger partial charge is 0.339 e. The number of carbonyl (C=O) groups is 1. The van der Waals surface area contributed by atoms with E-state index in [0.717, 1.165) is 66.3 Å². The number of nitrogens with zero attached hydrogens (tertiary/aromatic N) is 4. The number of hydrogen-bond acceptors (Lipinski definition) is 3. The fourth-order valence-electron chi connectivity index (χ4n) is 4.25. The second-order valence-electron chi connectivity index (χ2n) is 8.00. The van der Waals surface area contributed by atoms with Crippen molar-refractivity contribution in [2.75, 3.05) is 19.6 Å². The van der Waals surface area contributed by atoms with Gasteiger partial charge in [0.15, 0.2) is 0 Å². The average Bonchev–Trinajstić information content (AvgIpc) is 3.28. The number of imidazole rings is 1. The van der Waals surface area contributed by atoms with E-state index in [9.17, 15) is 4.79 Å². The molecule has 1 fully saturated rings. The molecule has 146 valence electrons. The summed E-state index contributed by atoms with van der Waals surface area (Å²) in [5.41, 5.74) is 5.01. The number of hydrogen-bond donors (Lipinski definition) is 0. The highest BCUT2D eigenvalue weighted by atomic mass is 16.2. The highest BCUT2D eigenvalue weighted by Crippen LogP contribution is 2.27. The summed E-state index contributed by atoms with van der Waals surface area (Å²) >= 11 is 0. The number of rotatable bonds is 4. The summed E-state index contributed by atoms with van der Waals surface area (Å²) in [5, 5.41) is 0. The molecular formula is C23H28N4O. The first kappa shape index (κ1) is 18.7. The summed E-state index contributed by atoms with van der Waals surface area (Å²) < 4.78 is 2.22. The lowest BCUT2D eigenvalue weighted by atomic mass is 9.93. The standard InChI is InChI=1S/C23H28N4O/c1-16-6-4-5-7-20(16)22-21(17(2)14-25-22)23(28)26-11-8-19(9-12-26)15-27-13-10-24-18(27)3/h4-7,10,13,19H,8-9,11-12,14-15H2,1-3H3. The molecule has 2 aliphatic heterocycles. The maximum absolute atomic E-state index is 13.4. The van der Waals surface area contributed by atoms with Crippen molar-refractivity contribution in [2.24, 2.45) is 10.9 Å². The van der Waals surface area contributed by atoms with E-state index < -0.39 is 0 Å². The van der Waals surface area contributed by atoms with Crippen LogP contribution in [0.4, 0.5) is 0 Å². The molecule has 0 spiro atoms. The molecule has 1 aromatic heterocycles. The Morgan fingerprint density at radius 2 is 1.89 bits per heavy atom. The molecule has 0 unspecified atom stereocenters. The third kappa shape index (κ3) is 3.53. The van der Waals surface area contributed by atoms with Gasteiger partial charge in [-0.2, -0.15) is 0 Å². The molecule has 0 N–H and O–H groups in total. The van der Waals surface area contributed by atoms with E-state index in [4.69, 9.17) is 4.99 Å². The molecule has 0 atom stereocenters. The Kier molecular flexibility index (Phi) is 5.16. The Balaban J connectivity index is 1.45. The topological polar surface area (TPSA) is 50.5 Å².